The number of piperidine rings is 1. The zero-order valence-electron chi connectivity index (χ0n) is 8.20. The molecule has 2 rings (SSSR count). The Morgan fingerprint density at radius 1 is 1.57 bits per heavy atom. The van der Waals surface area contributed by atoms with Gasteiger partial charge in [-0.05, 0) is 19.4 Å². The van der Waals surface area contributed by atoms with Gasteiger partial charge in [0.05, 0.1) is 12.6 Å². The van der Waals surface area contributed by atoms with Gasteiger partial charge in [0.15, 0.2) is 0 Å². The molecule has 1 fully saturated rings. The van der Waals surface area contributed by atoms with Crippen LogP contribution in [0.1, 0.15) is 36.8 Å². The number of aliphatic hydroxyl groups excluding tert-OH is 1. The summed E-state index contributed by atoms with van der Waals surface area (Å²) in [7, 11) is 0. The first kappa shape index (κ1) is 9.68. The van der Waals surface area contributed by atoms with Crippen molar-refractivity contribution < 1.29 is 9.63 Å². The smallest absolute Gasteiger partial charge is 0.139 e. The lowest BCUT2D eigenvalue weighted by Gasteiger charge is -2.20. The van der Waals surface area contributed by atoms with E-state index in [0.717, 1.165) is 24.4 Å². The van der Waals surface area contributed by atoms with Crippen LogP contribution in [0.3, 0.4) is 0 Å². The van der Waals surface area contributed by atoms with Crippen LogP contribution in [0.5, 0.6) is 0 Å². The monoisotopic (exact) mass is 196 g/mol. The molecule has 1 aliphatic rings. The molecule has 1 aliphatic heterocycles. The topological polar surface area (TPSA) is 58.3 Å². The van der Waals surface area contributed by atoms with E-state index < -0.39 is 0 Å². The second-order valence-corrected chi connectivity index (χ2v) is 3.69. The number of nitrogens with one attached hydrogen (secondary N) is 1. The van der Waals surface area contributed by atoms with Crippen LogP contribution in [0.25, 0.3) is 0 Å². The van der Waals surface area contributed by atoms with Crippen LogP contribution in [0.4, 0.5) is 0 Å². The number of hydrogen-bond donors (Lipinski definition) is 2. The van der Waals surface area contributed by atoms with E-state index in [1.165, 1.54) is 12.8 Å². The molecule has 1 saturated heterocycles. The first-order valence-electron chi connectivity index (χ1n) is 5.20. The van der Waals surface area contributed by atoms with Crippen LogP contribution in [-0.4, -0.2) is 23.4 Å². The molecule has 78 valence electrons. The molecule has 0 aromatic carbocycles. The number of aromatic nitrogens is 1. The molecular formula is C10H16N2O2. The molecule has 0 aliphatic carbocycles. The molecule has 0 unspecified atom stereocenters. The molecule has 0 saturated carbocycles. The van der Waals surface area contributed by atoms with Crippen LogP contribution in [0.2, 0.25) is 0 Å². The van der Waals surface area contributed by atoms with E-state index >= 15 is 0 Å². The van der Waals surface area contributed by atoms with E-state index in [1.54, 1.807) is 0 Å². The molecule has 0 radical (unpaired) electrons. The van der Waals surface area contributed by atoms with Crippen molar-refractivity contribution in [2.75, 3.05) is 13.2 Å². The third-order valence-electron chi connectivity index (χ3n) is 2.60. The standard InChI is InChI=1S/C10H16N2O2/c13-6-4-8-7-10(12-14-8)9-3-1-2-5-11-9/h7,9,11,13H,1-6H2/t9-/m1/s1. The van der Waals surface area contributed by atoms with Crippen molar-refractivity contribution >= 4 is 0 Å². The molecule has 4 heteroatoms. The molecule has 1 aromatic heterocycles. The lowest BCUT2D eigenvalue weighted by Crippen LogP contribution is -2.26. The Kier molecular flexibility index (Phi) is 3.16. The summed E-state index contributed by atoms with van der Waals surface area (Å²) in [6.07, 6.45) is 4.18. The zero-order valence-corrected chi connectivity index (χ0v) is 8.20. The molecule has 4 nitrogen and oxygen atoms in total. The molecule has 14 heavy (non-hydrogen) atoms. The SMILES string of the molecule is OCCc1cc([C@H]2CCCCN2)no1. The van der Waals surface area contributed by atoms with Gasteiger partial charge >= 0.3 is 0 Å². The zero-order chi connectivity index (χ0) is 9.80. The highest BCUT2D eigenvalue weighted by atomic mass is 16.5. The highest BCUT2D eigenvalue weighted by Crippen LogP contribution is 2.22. The summed E-state index contributed by atoms with van der Waals surface area (Å²) in [5, 5.41) is 16.2. The summed E-state index contributed by atoms with van der Waals surface area (Å²) in [5.74, 6) is 0.773. The minimum atomic E-state index is 0.118. The predicted octanol–water partition coefficient (Wildman–Crippen LogP) is 1.02. The van der Waals surface area contributed by atoms with Crippen LogP contribution < -0.4 is 5.32 Å². The van der Waals surface area contributed by atoms with Crippen molar-refractivity contribution in [3.63, 3.8) is 0 Å². The van der Waals surface area contributed by atoms with Gasteiger partial charge in [0.2, 0.25) is 0 Å². The third kappa shape index (κ3) is 2.13. The van der Waals surface area contributed by atoms with Gasteiger partial charge in [0.1, 0.15) is 11.5 Å². The quantitative estimate of drug-likeness (QED) is 0.758. The summed E-state index contributed by atoms with van der Waals surface area (Å²) >= 11 is 0. The fourth-order valence-corrected chi connectivity index (χ4v) is 1.83. The highest BCUT2D eigenvalue weighted by Gasteiger charge is 2.18. The van der Waals surface area contributed by atoms with Crippen molar-refractivity contribution in [3.8, 4) is 0 Å². The van der Waals surface area contributed by atoms with Crippen LogP contribution in [-0.2, 0) is 6.42 Å². The van der Waals surface area contributed by atoms with Crippen LogP contribution in [0.15, 0.2) is 10.6 Å². The Morgan fingerprint density at radius 2 is 2.50 bits per heavy atom. The Labute approximate surface area is 83.3 Å². The van der Waals surface area contributed by atoms with Gasteiger partial charge in [0.25, 0.3) is 0 Å². The molecule has 1 aromatic rings. The minimum absolute atomic E-state index is 0.118. The van der Waals surface area contributed by atoms with E-state index in [1.807, 2.05) is 6.07 Å². The Bertz CT molecular complexity index is 279. The number of hydrogen-bond acceptors (Lipinski definition) is 4. The third-order valence-corrected chi connectivity index (χ3v) is 2.60. The Balaban J connectivity index is 2.00. The number of rotatable bonds is 3. The molecular weight excluding hydrogens is 180 g/mol. The lowest BCUT2D eigenvalue weighted by molar-refractivity contribution is 0.275. The molecule has 1 atom stereocenters. The van der Waals surface area contributed by atoms with Gasteiger partial charge < -0.3 is 14.9 Å². The normalized spacial score (nSPS) is 22.5. The van der Waals surface area contributed by atoms with Crippen molar-refractivity contribution in [3.05, 3.63) is 17.5 Å². The second kappa shape index (κ2) is 4.57. The maximum Gasteiger partial charge on any atom is 0.139 e. The van der Waals surface area contributed by atoms with Crippen molar-refractivity contribution in [1.82, 2.24) is 10.5 Å². The lowest BCUT2D eigenvalue weighted by atomic mass is 10.0. The Morgan fingerprint density at radius 3 is 3.21 bits per heavy atom. The van der Waals surface area contributed by atoms with Gasteiger partial charge in [0, 0.05) is 12.5 Å². The van der Waals surface area contributed by atoms with Gasteiger partial charge in [-0.3, -0.25) is 0 Å². The average molecular weight is 196 g/mol. The number of aliphatic hydroxyl groups is 1. The maximum atomic E-state index is 8.74. The summed E-state index contributed by atoms with van der Waals surface area (Å²) < 4.78 is 5.11. The molecule has 0 spiro atoms. The van der Waals surface area contributed by atoms with Gasteiger partial charge in [-0.15, -0.1) is 0 Å². The van der Waals surface area contributed by atoms with E-state index in [2.05, 4.69) is 10.5 Å². The van der Waals surface area contributed by atoms with E-state index in [-0.39, 0.29) is 6.61 Å². The first-order valence-corrected chi connectivity index (χ1v) is 5.20. The summed E-state index contributed by atoms with van der Waals surface area (Å²) in [6, 6.07) is 2.29. The molecule has 0 amide bonds. The van der Waals surface area contributed by atoms with Crippen molar-refractivity contribution in [2.24, 2.45) is 0 Å². The molecule has 0 bridgehead atoms. The summed E-state index contributed by atoms with van der Waals surface area (Å²) in [4.78, 5) is 0. The van der Waals surface area contributed by atoms with E-state index in [0.29, 0.717) is 12.5 Å². The fourth-order valence-electron chi connectivity index (χ4n) is 1.83. The number of nitrogens with zero attached hydrogens (tertiary/aromatic N) is 1. The summed E-state index contributed by atoms with van der Waals surface area (Å²) in [5.41, 5.74) is 0.980. The van der Waals surface area contributed by atoms with Gasteiger partial charge in [-0.1, -0.05) is 11.6 Å². The highest BCUT2D eigenvalue weighted by molar-refractivity contribution is 5.10. The van der Waals surface area contributed by atoms with Crippen LogP contribution in [0, 0.1) is 0 Å². The average Bonchev–Trinajstić information content (AvgIpc) is 2.68. The largest absolute Gasteiger partial charge is 0.396 e. The van der Waals surface area contributed by atoms with Crippen molar-refractivity contribution in [1.29, 1.82) is 0 Å². The summed E-state index contributed by atoms with van der Waals surface area (Å²) in [6.45, 7) is 1.18. The first-order chi connectivity index (χ1) is 6.90. The van der Waals surface area contributed by atoms with Crippen LogP contribution >= 0.6 is 0 Å². The minimum Gasteiger partial charge on any atom is -0.396 e. The predicted molar refractivity (Wildman–Crippen MR) is 51.9 cm³/mol. The van der Waals surface area contributed by atoms with Crippen molar-refractivity contribution in [2.45, 2.75) is 31.7 Å². The van der Waals surface area contributed by atoms with Gasteiger partial charge in [-0.2, -0.15) is 0 Å². The van der Waals surface area contributed by atoms with E-state index in [4.69, 9.17) is 9.63 Å². The second-order valence-electron chi connectivity index (χ2n) is 3.69. The molecule has 2 N–H and O–H groups in total. The molecule has 2 heterocycles. The Hall–Kier alpha value is -0.870. The maximum absolute atomic E-state index is 8.74. The van der Waals surface area contributed by atoms with Gasteiger partial charge in [-0.25, -0.2) is 0 Å². The fraction of sp³-hybridized carbons (Fsp3) is 0.700. The van der Waals surface area contributed by atoms with E-state index in [9.17, 15) is 0 Å².